The summed E-state index contributed by atoms with van der Waals surface area (Å²) in [7, 11) is 0. The van der Waals surface area contributed by atoms with E-state index in [0.29, 0.717) is 25.3 Å². The number of hydrogen-bond acceptors (Lipinski definition) is 4. The molecule has 0 saturated carbocycles. The van der Waals surface area contributed by atoms with Gasteiger partial charge in [0.15, 0.2) is 0 Å². The average molecular weight is 342 g/mol. The number of aryl methyl sites for hydroxylation is 1. The third-order valence-corrected chi connectivity index (χ3v) is 4.73. The Hall–Kier alpha value is -2.74. The molecular formula is C17H19FN6O. The normalized spacial score (nSPS) is 15.8. The molecule has 2 N–H and O–H groups in total. The molecule has 8 heteroatoms. The van der Waals surface area contributed by atoms with Gasteiger partial charge in [0, 0.05) is 37.1 Å². The molecule has 0 atom stereocenters. The Labute approximate surface area is 143 Å². The van der Waals surface area contributed by atoms with Crippen LogP contribution in [-0.2, 0) is 6.54 Å². The second kappa shape index (κ2) is 6.29. The van der Waals surface area contributed by atoms with Gasteiger partial charge in [0.05, 0.1) is 6.54 Å². The number of amides is 1. The van der Waals surface area contributed by atoms with E-state index in [0.717, 1.165) is 35.4 Å². The molecule has 1 amide bonds. The summed E-state index contributed by atoms with van der Waals surface area (Å²) < 4.78 is 13.5. The number of benzene rings is 1. The minimum Gasteiger partial charge on any atom is -0.350 e. The fraction of sp³-hybridized carbons (Fsp3) is 0.353. The van der Waals surface area contributed by atoms with Crippen LogP contribution in [0, 0.1) is 12.7 Å². The van der Waals surface area contributed by atoms with Gasteiger partial charge in [-0.15, -0.1) is 0 Å². The fourth-order valence-corrected chi connectivity index (χ4v) is 3.30. The summed E-state index contributed by atoms with van der Waals surface area (Å²) in [4.78, 5) is 24.2. The lowest BCUT2D eigenvalue weighted by molar-refractivity contribution is 0.0620. The van der Waals surface area contributed by atoms with Crippen LogP contribution in [0.1, 0.15) is 21.9 Å². The Morgan fingerprint density at radius 2 is 2.08 bits per heavy atom. The first kappa shape index (κ1) is 15.8. The van der Waals surface area contributed by atoms with Crippen molar-refractivity contribution in [1.82, 2.24) is 30.0 Å². The van der Waals surface area contributed by atoms with Crippen molar-refractivity contribution < 1.29 is 9.18 Å². The van der Waals surface area contributed by atoms with Crippen LogP contribution in [0.25, 0.3) is 10.9 Å². The van der Waals surface area contributed by atoms with Crippen molar-refractivity contribution >= 4 is 16.8 Å². The molecule has 4 rings (SSSR count). The van der Waals surface area contributed by atoms with Crippen LogP contribution >= 0.6 is 0 Å². The summed E-state index contributed by atoms with van der Waals surface area (Å²) in [6.07, 6.45) is 1.50. The lowest BCUT2D eigenvalue weighted by atomic mass is 10.1. The number of nitrogens with one attached hydrogen (secondary N) is 2. The van der Waals surface area contributed by atoms with Crippen LogP contribution in [0.3, 0.4) is 0 Å². The van der Waals surface area contributed by atoms with E-state index in [2.05, 4.69) is 25.1 Å². The Balaban J connectivity index is 1.46. The maximum Gasteiger partial charge on any atom is 0.270 e. The zero-order valence-corrected chi connectivity index (χ0v) is 13.9. The van der Waals surface area contributed by atoms with Gasteiger partial charge in [0.1, 0.15) is 23.7 Å². The molecule has 0 aliphatic carbocycles. The quantitative estimate of drug-likeness (QED) is 0.759. The fourth-order valence-electron chi connectivity index (χ4n) is 3.30. The molecule has 1 aliphatic heterocycles. The molecule has 25 heavy (non-hydrogen) atoms. The number of fused-ring (bicyclic) bond motifs is 1. The summed E-state index contributed by atoms with van der Waals surface area (Å²) in [6, 6.07) is 4.53. The lowest BCUT2D eigenvalue weighted by Crippen LogP contribution is -2.48. The van der Waals surface area contributed by atoms with Gasteiger partial charge in [-0.1, -0.05) is 0 Å². The van der Waals surface area contributed by atoms with E-state index in [-0.39, 0.29) is 11.7 Å². The number of H-pyrrole nitrogens is 2. The molecule has 1 aromatic carbocycles. The number of halogens is 1. The minimum absolute atomic E-state index is 0.0339. The first-order valence-electron chi connectivity index (χ1n) is 8.25. The predicted molar refractivity (Wildman–Crippen MR) is 90.6 cm³/mol. The molecule has 0 spiro atoms. The van der Waals surface area contributed by atoms with Gasteiger partial charge in [0.25, 0.3) is 5.91 Å². The Kier molecular flexibility index (Phi) is 3.96. The van der Waals surface area contributed by atoms with Gasteiger partial charge in [-0.3, -0.25) is 14.8 Å². The van der Waals surface area contributed by atoms with Crippen LogP contribution < -0.4 is 0 Å². The Morgan fingerprint density at radius 3 is 2.80 bits per heavy atom. The second-order valence-corrected chi connectivity index (χ2v) is 6.32. The number of aromatic nitrogens is 4. The van der Waals surface area contributed by atoms with Crippen LogP contribution in [-0.4, -0.2) is 62.1 Å². The van der Waals surface area contributed by atoms with E-state index in [1.165, 1.54) is 18.5 Å². The van der Waals surface area contributed by atoms with Gasteiger partial charge >= 0.3 is 0 Å². The van der Waals surface area contributed by atoms with E-state index < -0.39 is 0 Å². The van der Waals surface area contributed by atoms with Gasteiger partial charge < -0.3 is 9.88 Å². The van der Waals surface area contributed by atoms with Crippen molar-refractivity contribution in [3.63, 3.8) is 0 Å². The van der Waals surface area contributed by atoms with E-state index in [9.17, 15) is 9.18 Å². The SMILES string of the molecule is Cc1c(C(=O)N2CCN(Cc3ncn[nH]3)CC2)[nH]c2ccc(F)cc12. The zero-order chi connectivity index (χ0) is 17.4. The van der Waals surface area contributed by atoms with Crippen LogP contribution in [0.2, 0.25) is 0 Å². The number of carbonyl (C=O) groups excluding carboxylic acids is 1. The molecule has 1 saturated heterocycles. The van der Waals surface area contributed by atoms with Crippen molar-refractivity contribution in [1.29, 1.82) is 0 Å². The minimum atomic E-state index is -0.297. The molecule has 130 valence electrons. The van der Waals surface area contributed by atoms with E-state index >= 15 is 0 Å². The number of nitrogens with zero attached hydrogens (tertiary/aromatic N) is 4. The highest BCUT2D eigenvalue weighted by Crippen LogP contribution is 2.24. The molecule has 1 aliphatic rings. The van der Waals surface area contributed by atoms with Gasteiger partial charge in [-0.25, -0.2) is 9.37 Å². The maximum absolute atomic E-state index is 13.5. The van der Waals surface area contributed by atoms with Gasteiger partial charge in [0.2, 0.25) is 0 Å². The largest absolute Gasteiger partial charge is 0.350 e. The summed E-state index contributed by atoms with van der Waals surface area (Å²) in [5.41, 5.74) is 2.12. The molecule has 0 unspecified atom stereocenters. The number of rotatable bonds is 3. The van der Waals surface area contributed by atoms with Gasteiger partial charge in [-0.05, 0) is 30.7 Å². The summed E-state index contributed by atoms with van der Waals surface area (Å²) in [6.45, 7) is 5.41. The van der Waals surface area contributed by atoms with E-state index in [1.807, 2.05) is 11.8 Å². The second-order valence-electron chi connectivity index (χ2n) is 6.32. The molecule has 0 bridgehead atoms. The van der Waals surface area contributed by atoms with Crippen LogP contribution in [0.4, 0.5) is 4.39 Å². The molecule has 1 fully saturated rings. The maximum atomic E-state index is 13.5. The average Bonchev–Trinajstić information content (AvgIpc) is 3.23. The molecule has 3 heterocycles. The standard InChI is InChI=1S/C17H19FN6O/c1-11-13-8-12(18)2-3-14(13)21-16(11)17(25)24-6-4-23(5-7-24)9-15-19-10-20-22-15/h2-3,8,10,21H,4-7,9H2,1H3,(H,19,20,22). The lowest BCUT2D eigenvalue weighted by Gasteiger charge is -2.34. The number of hydrogen-bond donors (Lipinski definition) is 2. The van der Waals surface area contributed by atoms with Crippen molar-refractivity contribution in [2.75, 3.05) is 26.2 Å². The van der Waals surface area contributed by atoms with Crippen LogP contribution in [0.5, 0.6) is 0 Å². The van der Waals surface area contributed by atoms with E-state index in [1.54, 1.807) is 6.07 Å². The molecular weight excluding hydrogens is 323 g/mol. The summed E-state index contributed by atoms with van der Waals surface area (Å²) in [5.74, 6) is 0.497. The van der Waals surface area contributed by atoms with Gasteiger partial charge in [-0.2, -0.15) is 5.10 Å². The number of carbonyl (C=O) groups is 1. The van der Waals surface area contributed by atoms with Crippen molar-refractivity contribution in [3.05, 3.63) is 47.4 Å². The molecule has 2 aromatic heterocycles. The summed E-state index contributed by atoms with van der Waals surface area (Å²) >= 11 is 0. The smallest absolute Gasteiger partial charge is 0.270 e. The first-order chi connectivity index (χ1) is 12.1. The van der Waals surface area contributed by atoms with Crippen molar-refractivity contribution in [2.45, 2.75) is 13.5 Å². The third-order valence-electron chi connectivity index (χ3n) is 4.73. The highest BCUT2D eigenvalue weighted by molar-refractivity contribution is 6.00. The number of piperazine rings is 1. The molecule has 7 nitrogen and oxygen atoms in total. The van der Waals surface area contributed by atoms with Crippen LogP contribution in [0.15, 0.2) is 24.5 Å². The highest BCUT2D eigenvalue weighted by Gasteiger charge is 2.25. The zero-order valence-electron chi connectivity index (χ0n) is 13.9. The van der Waals surface area contributed by atoms with E-state index in [4.69, 9.17) is 0 Å². The third kappa shape index (κ3) is 3.00. The molecule has 3 aromatic rings. The first-order valence-corrected chi connectivity index (χ1v) is 8.25. The monoisotopic (exact) mass is 342 g/mol. The Morgan fingerprint density at radius 1 is 1.28 bits per heavy atom. The number of aromatic amines is 2. The Bertz CT molecular complexity index is 895. The van der Waals surface area contributed by atoms with Crippen molar-refractivity contribution in [2.24, 2.45) is 0 Å². The van der Waals surface area contributed by atoms with Crippen molar-refractivity contribution in [3.8, 4) is 0 Å². The highest BCUT2D eigenvalue weighted by atomic mass is 19.1. The summed E-state index contributed by atoms with van der Waals surface area (Å²) in [5, 5.41) is 7.46. The predicted octanol–water partition coefficient (Wildman–Crippen LogP) is 1.69. The molecule has 0 radical (unpaired) electrons. The topological polar surface area (TPSA) is 80.9 Å².